The third kappa shape index (κ3) is 6.97. The van der Waals surface area contributed by atoms with Gasteiger partial charge in [-0.25, -0.2) is 0 Å². The topological polar surface area (TPSA) is 144 Å². The molecule has 58 heavy (non-hydrogen) atoms. The molecule has 0 aliphatic carbocycles. The summed E-state index contributed by atoms with van der Waals surface area (Å²) in [6, 6.07) is 35.8. The average Bonchev–Trinajstić information content (AvgIpc) is 3.86. The number of nitrogens with one attached hydrogen (secondary N) is 1. The molecule has 1 aromatic heterocycles. The predicted molar refractivity (Wildman–Crippen MR) is 227 cm³/mol. The molecule has 11 heteroatoms. The minimum absolute atomic E-state index is 0.0131. The first-order valence-electron chi connectivity index (χ1n) is 20.4. The second-order valence-electron chi connectivity index (χ2n) is 16.2. The molecule has 294 valence electrons. The first kappa shape index (κ1) is 37.8. The third-order valence-electron chi connectivity index (χ3n) is 12.6. The van der Waals surface area contributed by atoms with E-state index in [1.165, 1.54) is 11.1 Å². The van der Waals surface area contributed by atoms with E-state index in [-0.39, 0.29) is 11.8 Å². The Morgan fingerprint density at radius 1 is 0.724 bits per heavy atom. The van der Waals surface area contributed by atoms with Gasteiger partial charge in [-0.05, 0) is 101 Å². The molecule has 6 aromatic rings. The Bertz CT molecular complexity index is 2540. The van der Waals surface area contributed by atoms with Crippen LogP contribution in [0.4, 0.5) is 0 Å². The SMILES string of the molecule is C[C@@]1(c2cccc3[nH]c(C(=O)N4CCC(c5cccc(CN)c5)CC4)cc23)OB(c2ccc3c(C(=O)N4CCC(c5cccc(CN)c5)CC4)cccc3c2)OC1=O. The van der Waals surface area contributed by atoms with Gasteiger partial charge in [-0.3, -0.25) is 14.4 Å². The Labute approximate surface area is 338 Å². The summed E-state index contributed by atoms with van der Waals surface area (Å²) in [4.78, 5) is 48.6. The molecule has 0 radical (unpaired) electrons. The highest BCUT2D eigenvalue weighted by Gasteiger charge is 2.52. The molecule has 0 saturated carbocycles. The maximum Gasteiger partial charge on any atom is 0.565 e. The average molecular weight is 774 g/mol. The van der Waals surface area contributed by atoms with Gasteiger partial charge >= 0.3 is 13.1 Å². The van der Waals surface area contributed by atoms with Gasteiger partial charge in [0.15, 0.2) is 5.60 Å². The number of amides is 2. The molecule has 0 spiro atoms. The molecule has 1 atom stereocenters. The normalized spacial score (nSPS) is 19.3. The fourth-order valence-electron chi connectivity index (χ4n) is 9.25. The molecule has 3 saturated heterocycles. The lowest BCUT2D eigenvalue weighted by atomic mass is 9.77. The second kappa shape index (κ2) is 15.5. The van der Waals surface area contributed by atoms with Crippen molar-refractivity contribution in [2.75, 3.05) is 26.2 Å². The lowest BCUT2D eigenvalue weighted by Gasteiger charge is -2.32. The number of rotatable bonds is 8. The van der Waals surface area contributed by atoms with Crippen molar-refractivity contribution in [2.45, 2.75) is 63.1 Å². The molecule has 0 unspecified atom stereocenters. The van der Waals surface area contributed by atoms with E-state index in [0.29, 0.717) is 73.4 Å². The number of piperidine rings is 2. The van der Waals surface area contributed by atoms with Crippen molar-refractivity contribution >= 4 is 52.0 Å². The summed E-state index contributed by atoms with van der Waals surface area (Å²) in [5.74, 6) is 0.219. The van der Waals surface area contributed by atoms with E-state index < -0.39 is 18.7 Å². The number of carbonyl (C=O) groups is 3. The molecule has 5 aromatic carbocycles. The number of benzene rings is 5. The quantitative estimate of drug-likeness (QED) is 0.151. The Morgan fingerprint density at radius 3 is 1.97 bits per heavy atom. The van der Waals surface area contributed by atoms with Crippen molar-refractivity contribution in [3.63, 3.8) is 0 Å². The maximum atomic E-state index is 13.9. The molecule has 4 heterocycles. The van der Waals surface area contributed by atoms with Crippen LogP contribution in [0.5, 0.6) is 0 Å². The molecule has 3 fully saturated rings. The van der Waals surface area contributed by atoms with Crippen molar-refractivity contribution in [1.29, 1.82) is 0 Å². The smallest absolute Gasteiger partial charge is 0.503 e. The Hall–Kier alpha value is -5.75. The van der Waals surface area contributed by atoms with Crippen LogP contribution in [0.3, 0.4) is 0 Å². The lowest BCUT2D eigenvalue weighted by Crippen LogP contribution is -2.38. The molecular weight excluding hydrogens is 725 g/mol. The zero-order valence-electron chi connectivity index (χ0n) is 32.8. The van der Waals surface area contributed by atoms with Gasteiger partial charge < -0.3 is 35.6 Å². The van der Waals surface area contributed by atoms with Gasteiger partial charge in [-0.2, -0.15) is 0 Å². The molecule has 5 N–H and O–H groups in total. The van der Waals surface area contributed by atoms with Gasteiger partial charge in [0.1, 0.15) is 5.69 Å². The number of hydrogen-bond donors (Lipinski definition) is 3. The van der Waals surface area contributed by atoms with Crippen LogP contribution in [-0.4, -0.2) is 65.9 Å². The van der Waals surface area contributed by atoms with Crippen LogP contribution in [0.15, 0.2) is 109 Å². The van der Waals surface area contributed by atoms with E-state index >= 15 is 0 Å². The summed E-state index contributed by atoms with van der Waals surface area (Å²) < 4.78 is 12.4. The number of aromatic nitrogens is 1. The predicted octanol–water partition coefficient (Wildman–Crippen LogP) is 6.46. The van der Waals surface area contributed by atoms with Gasteiger partial charge in [0, 0.05) is 61.3 Å². The zero-order chi connectivity index (χ0) is 40.0. The van der Waals surface area contributed by atoms with E-state index in [9.17, 15) is 14.4 Å². The molecule has 9 rings (SSSR count). The van der Waals surface area contributed by atoms with Crippen LogP contribution in [0.25, 0.3) is 21.7 Å². The van der Waals surface area contributed by atoms with E-state index in [1.807, 2.05) is 76.5 Å². The molecule has 3 aliphatic rings. The van der Waals surface area contributed by atoms with Crippen LogP contribution < -0.4 is 16.9 Å². The molecule has 0 bridgehead atoms. The van der Waals surface area contributed by atoms with E-state index in [0.717, 1.165) is 58.5 Å². The second-order valence-corrected chi connectivity index (χ2v) is 16.2. The van der Waals surface area contributed by atoms with Gasteiger partial charge in [0.2, 0.25) is 0 Å². The van der Waals surface area contributed by atoms with E-state index in [2.05, 4.69) is 47.4 Å². The number of hydrogen-bond acceptors (Lipinski definition) is 7. The first-order chi connectivity index (χ1) is 28.2. The minimum Gasteiger partial charge on any atom is -0.503 e. The molecule has 3 aliphatic heterocycles. The zero-order valence-corrected chi connectivity index (χ0v) is 32.8. The van der Waals surface area contributed by atoms with Crippen molar-refractivity contribution in [1.82, 2.24) is 14.8 Å². The van der Waals surface area contributed by atoms with Crippen molar-refractivity contribution in [3.05, 3.63) is 148 Å². The Kier molecular flexibility index (Phi) is 10.1. The highest BCUT2D eigenvalue weighted by molar-refractivity contribution is 6.65. The number of likely N-dealkylation sites (tertiary alicyclic amines) is 2. The number of carbonyl (C=O) groups excluding carboxylic acids is 3. The first-order valence-corrected chi connectivity index (χ1v) is 20.4. The number of aromatic amines is 1. The van der Waals surface area contributed by atoms with Crippen molar-refractivity contribution in [2.24, 2.45) is 11.5 Å². The highest BCUT2D eigenvalue weighted by Crippen LogP contribution is 2.39. The lowest BCUT2D eigenvalue weighted by molar-refractivity contribution is -0.142. The van der Waals surface area contributed by atoms with Crippen LogP contribution in [0, 0.1) is 0 Å². The Morgan fingerprint density at radius 2 is 1.33 bits per heavy atom. The number of fused-ring (bicyclic) bond motifs is 2. The fourth-order valence-corrected chi connectivity index (χ4v) is 9.25. The summed E-state index contributed by atoms with van der Waals surface area (Å²) in [6.07, 6.45) is 3.55. The van der Waals surface area contributed by atoms with Crippen LogP contribution >= 0.6 is 0 Å². The summed E-state index contributed by atoms with van der Waals surface area (Å²) >= 11 is 0. The van der Waals surface area contributed by atoms with Crippen molar-refractivity contribution in [3.8, 4) is 0 Å². The van der Waals surface area contributed by atoms with E-state index in [4.69, 9.17) is 20.8 Å². The minimum atomic E-state index is -1.42. The maximum absolute atomic E-state index is 13.9. The van der Waals surface area contributed by atoms with Gasteiger partial charge in [-0.1, -0.05) is 91.0 Å². The van der Waals surface area contributed by atoms with Crippen LogP contribution in [0.2, 0.25) is 0 Å². The number of nitrogens with zero attached hydrogens (tertiary/aromatic N) is 2. The van der Waals surface area contributed by atoms with Crippen LogP contribution in [0.1, 0.15) is 93.1 Å². The highest BCUT2D eigenvalue weighted by atomic mass is 16.7. The molecule has 2 amide bonds. The monoisotopic (exact) mass is 773 g/mol. The van der Waals surface area contributed by atoms with E-state index in [1.54, 1.807) is 6.92 Å². The summed E-state index contributed by atoms with van der Waals surface area (Å²) in [5, 5.41) is 2.42. The number of nitrogens with two attached hydrogens (primary N) is 2. The Balaban J connectivity index is 0.891. The van der Waals surface area contributed by atoms with Gasteiger partial charge in [0.05, 0.1) is 0 Å². The molecular formula is C47H48BN5O5. The third-order valence-corrected chi connectivity index (χ3v) is 12.6. The number of H-pyrrole nitrogens is 1. The largest absolute Gasteiger partial charge is 0.565 e. The van der Waals surface area contributed by atoms with Gasteiger partial charge in [0.25, 0.3) is 11.8 Å². The van der Waals surface area contributed by atoms with Gasteiger partial charge in [-0.15, -0.1) is 0 Å². The summed E-state index contributed by atoms with van der Waals surface area (Å²) in [6.45, 7) is 5.42. The van der Waals surface area contributed by atoms with Crippen molar-refractivity contribution < 1.29 is 23.7 Å². The van der Waals surface area contributed by atoms with Crippen LogP contribution in [-0.2, 0) is 32.8 Å². The fraction of sp³-hybridized carbons (Fsp3) is 0.298. The molecule has 10 nitrogen and oxygen atoms in total. The standard InChI is InChI=1S/C47H48BN5O5/c1-47(41-12-5-13-42-40(41)27-43(51-42)45(55)53-22-18-33(19-23-53)35-9-3-7-31(25-35)29-50)46(56)57-48(58-47)37-14-15-38-36(26-37)10-4-11-39(38)44(54)52-20-16-32(17-21-52)34-8-2-6-30(24-34)28-49/h2-15,24-27,32-33,51H,16-23,28-29,49-50H2,1H3/t47-/m0/s1. The summed E-state index contributed by atoms with van der Waals surface area (Å²) in [5.41, 5.74) is 18.3. The summed E-state index contributed by atoms with van der Waals surface area (Å²) in [7, 11) is -0.958.